The Hall–Kier alpha value is -0.590. The summed E-state index contributed by atoms with van der Waals surface area (Å²) in [6.07, 6.45) is 0. The van der Waals surface area contributed by atoms with Crippen molar-refractivity contribution in [2.24, 2.45) is 0 Å². The number of hydrogen-bond donors (Lipinski definition) is 0. The fourth-order valence-corrected chi connectivity index (χ4v) is 4.16. The number of nitrogens with zero attached hydrogens (tertiary/aromatic N) is 1. The van der Waals surface area contributed by atoms with Gasteiger partial charge in [-0.05, 0) is 29.8 Å². The van der Waals surface area contributed by atoms with Gasteiger partial charge in [-0.1, -0.05) is 57.3 Å². The fraction of sp³-hybridized carbons (Fsp3) is 0.143. The quantitative estimate of drug-likeness (QED) is 0.742. The van der Waals surface area contributed by atoms with Crippen molar-refractivity contribution in [3.05, 3.63) is 62.5 Å². The third kappa shape index (κ3) is 3.79. The number of hydrogen-bond acceptors (Lipinski definition) is 2. The molecular formula is C14H12BrCl2NO2S. The summed E-state index contributed by atoms with van der Waals surface area (Å²) in [6, 6.07) is 11.8. The van der Waals surface area contributed by atoms with Gasteiger partial charge in [0.05, 0.1) is 5.02 Å². The SMILES string of the molecule is CN(Cc1ccccc1Cl)S(=O)(=O)c1ccc(Br)cc1Cl. The molecule has 0 aromatic heterocycles. The molecule has 0 bridgehead atoms. The van der Waals surface area contributed by atoms with E-state index in [0.29, 0.717) is 5.02 Å². The molecule has 0 spiro atoms. The Morgan fingerprint density at radius 1 is 1.10 bits per heavy atom. The van der Waals surface area contributed by atoms with Crippen LogP contribution in [0.25, 0.3) is 0 Å². The second kappa shape index (κ2) is 6.67. The summed E-state index contributed by atoms with van der Waals surface area (Å²) >= 11 is 15.3. The second-order valence-corrected chi connectivity index (χ2v) is 8.17. The van der Waals surface area contributed by atoms with Crippen molar-refractivity contribution in [2.75, 3.05) is 7.05 Å². The van der Waals surface area contributed by atoms with Crippen LogP contribution < -0.4 is 0 Å². The van der Waals surface area contributed by atoms with E-state index in [1.54, 1.807) is 30.3 Å². The van der Waals surface area contributed by atoms with Crippen LogP contribution in [-0.2, 0) is 16.6 Å². The molecule has 0 aliphatic carbocycles. The predicted octanol–water partition coefficient (Wildman–Crippen LogP) is 4.58. The van der Waals surface area contributed by atoms with E-state index in [9.17, 15) is 8.42 Å². The van der Waals surface area contributed by atoms with Crippen LogP contribution in [-0.4, -0.2) is 19.8 Å². The highest BCUT2D eigenvalue weighted by Crippen LogP contribution is 2.28. The molecule has 0 atom stereocenters. The maximum Gasteiger partial charge on any atom is 0.244 e. The van der Waals surface area contributed by atoms with E-state index in [1.165, 1.54) is 17.4 Å². The minimum Gasteiger partial charge on any atom is -0.207 e. The summed E-state index contributed by atoms with van der Waals surface area (Å²) in [6.45, 7) is 0.175. The number of rotatable bonds is 4. The van der Waals surface area contributed by atoms with E-state index in [0.717, 1.165) is 10.0 Å². The summed E-state index contributed by atoms with van der Waals surface area (Å²) in [5.41, 5.74) is 0.735. The first kappa shape index (κ1) is 16.8. The molecule has 0 amide bonds. The van der Waals surface area contributed by atoms with Gasteiger partial charge in [-0.3, -0.25) is 0 Å². The Bertz CT molecular complexity index is 765. The van der Waals surface area contributed by atoms with Gasteiger partial charge in [0.1, 0.15) is 4.90 Å². The van der Waals surface area contributed by atoms with Crippen molar-refractivity contribution in [1.29, 1.82) is 0 Å². The third-order valence-corrected chi connectivity index (χ3v) is 6.08. The van der Waals surface area contributed by atoms with Crippen LogP contribution in [0.3, 0.4) is 0 Å². The van der Waals surface area contributed by atoms with E-state index >= 15 is 0 Å². The molecule has 0 saturated heterocycles. The average Bonchev–Trinajstić information content (AvgIpc) is 2.40. The Kier molecular flexibility index (Phi) is 5.33. The zero-order chi connectivity index (χ0) is 15.6. The molecular weight excluding hydrogens is 397 g/mol. The number of halogens is 3. The summed E-state index contributed by atoms with van der Waals surface area (Å²) in [5.74, 6) is 0. The van der Waals surface area contributed by atoms with Crippen LogP contribution in [0, 0.1) is 0 Å². The minimum atomic E-state index is -3.68. The topological polar surface area (TPSA) is 37.4 Å². The lowest BCUT2D eigenvalue weighted by Gasteiger charge is -2.18. The molecule has 0 radical (unpaired) electrons. The normalized spacial score (nSPS) is 11.9. The third-order valence-electron chi connectivity index (χ3n) is 2.93. The summed E-state index contributed by atoms with van der Waals surface area (Å²) in [4.78, 5) is 0.0712. The van der Waals surface area contributed by atoms with Crippen molar-refractivity contribution < 1.29 is 8.42 Å². The van der Waals surface area contributed by atoms with Gasteiger partial charge in [-0.2, -0.15) is 4.31 Å². The summed E-state index contributed by atoms with van der Waals surface area (Å²) in [7, 11) is -2.18. The van der Waals surface area contributed by atoms with E-state index in [4.69, 9.17) is 23.2 Å². The van der Waals surface area contributed by atoms with E-state index in [-0.39, 0.29) is 16.5 Å². The van der Waals surface area contributed by atoms with Crippen molar-refractivity contribution in [3.8, 4) is 0 Å². The van der Waals surface area contributed by atoms with Gasteiger partial charge >= 0.3 is 0 Å². The number of sulfonamides is 1. The number of benzene rings is 2. The highest BCUT2D eigenvalue weighted by molar-refractivity contribution is 9.10. The largest absolute Gasteiger partial charge is 0.244 e. The molecule has 21 heavy (non-hydrogen) atoms. The molecule has 7 heteroatoms. The maximum atomic E-state index is 12.6. The van der Waals surface area contributed by atoms with E-state index < -0.39 is 10.0 Å². The maximum absolute atomic E-state index is 12.6. The van der Waals surface area contributed by atoms with Gasteiger partial charge in [-0.15, -0.1) is 0 Å². The summed E-state index contributed by atoms with van der Waals surface area (Å²) in [5, 5.41) is 0.705. The van der Waals surface area contributed by atoms with Crippen LogP contribution >= 0.6 is 39.1 Å². The summed E-state index contributed by atoms with van der Waals surface area (Å²) < 4.78 is 27.1. The minimum absolute atomic E-state index is 0.0712. The van der Waals surface area contributed by atoms with Crippen molar-refractivity contribution >= 4 is 49.2 Å². The van der Waals surface area contributed by atoms with Crippen molar-refractivity contribution in [3.63, 3.8) is 0 Å². The van der Waals surface area contributed by atoms with Gasteiger partial charge in [0.25, 0.3) is 0 Å². The van der Waals surface area contributed by atoms with Crippen molar-refractivity contribution in [1.82, 2.24) is 4.31 Å². The second-order valence-electron chi connectivity index (χ2n) is 4.43. The lowest BCUT2D eigenvalue weighted by atomic mass is 10.2. The van der Waals surface area contributed by atoms with Gasteiger partial charge in [0.2, 0.25) is 10.0 Å². The van der Waals surface area contributed by atoms with Gasteiger partial charge < -0.3 is 0 Å². The highest BCUT2D eigenvalue weighted by Gasteiger charge is 2.24. The fourth-order valence-electron chi connectivity index (χ4n) is 1.80. The van der Waals surface area contributed by atoms with E-state index in [2.05, 4.69) is 15.9 Å². The molecule has 3 nitrogen and oxygen atoms in total. The smallest absolute Gasteiger partial charge is 0.207 e. The molecule has 2 aromatic carbocycles. The lowest BCUT2D eigenvalue weighted by Crippen LogP contribution is -2.26. The predicted molar refractivity (Wildman–Crippen MR) is 89.3 cm³/mol. The Morgan fingerprint density at radius 3 is 2.38 bits per heavy atom. The van der Waals surface area contributed by atoms with Gasteiger partial charge in [0.15, 0.2) is 0 Å². The first-order chi connectivity index (χ1) is 9.82. The molecule has 2 aromatic rings. The molecule has 0 aliphatic rings. The lowest BCUT2D eigenvalue weighted by molar-refractivity contribution is 0.467. The Balaban J connectivity index is 2.33. The Labute approximate surface area is 142 Å². The standard InChI is InChI=1S/C14H12BrCl2NO2S/c1-18(9-10-4-2-3-5-12(10)16)21(19,20)14-7-6-11(15)8-13(14)17/h2-8H,9H2,1H3. The highest BCUT2D eigenvalue weighted by atomic mass is 79.9. The molecule has 0 saturated carbocycles. The van der Waals surface area contributed by atoms with E-state index in [1.807, 2.05) is 6.07 Å². The molecule has 0 heterocycles. The van der Waals surface area contributed by atoms with Crippen LogP contribution in [0.5, 0.6) is 0 Å². The van der Waals surface area contributed by atoms with Crippen molar-refractivity contribution in [2.45, 2.75) is 11.4 Å². The molecule has 0 fully saturated rings. The molecule has 0 N–H and O–H groups in total. The zero-order valence-electron chi connectivity index (χ0n) is 11.1. The van der Waals surface area contributed by atoms with Crippen LogP contribution in [0.1, 0.15) is 5.56 Å². The van der Waals surface area contributed by atoms with Crippen LogP contribution in [0.15, 0.2) is 51.8 Å². The molecule has 2 rings (SSSR count). The van der Waals surface area contributed by atoms with Gasteiger partial charge in [-0.25, -0.2) is 8.42 Å². The molecule has 0 unspecified atom stereocenters. The Morgan fingerprint density at radius 2 is 1.76 bits per heavy atom. The average molecular weight is 409 g/mol. The first-order valence-electron chi connectivity index (χ1n) is 5.97. The molecule has 112 valence electrons. The first-order valence-corrected chi connectivity index (χ1v) is 8.96. The zero-order valence-corrected chi connectivity index (χ0v) is 15.0. The van der Waals surface area contributed by atoms with Crippen LogP contribution in [0.4, 0.5) is 0 Å². The molecule has 0 aliphatic heterocycles. The monoisotopic (exact) mass is 407 g/mol. The van der Waals surface area contributed by atoms with Crippen LogP contribution in [0.2, 0.25) is 10.0 Å². The van der Waals surface area contributed by atoms with Gasteiger partial charge in [0, 0.05) is 23.1 Å².